The van der Waals surface area contributed by atoms with Crippen LogP contribution >= 0.6 is 11.8 Å². The second-order valence-electron chi connectivity index (χ2n) is 7.94. The molecule has 33 heavy (non-hydrogen) atoms. The zero-order valence-corrected chi connectivity index (χ0v) is 19.3. The molecule has 3 aromatic carbocycles. The molecule has 0 saturated heterocycles. The lowest BCUT2D eigenvalue weighted by Crippen LogP contribution is -2.31. The van der Waals surface area contributed by atoms with E-state index in [4.69, 9.17) is 9.72 Å². The van der Waals surface area contributed by atoms with Crippen molar-refractivity contribution in [3.63, 3.8) is 0 Å². The topological polar surface area (TPSA) is 64.4 Å². The van der Waals surface area contributed by atoms with Gasteiger partial charge in [-0.1, -0.05) is 48.2 Å². The molecular formula is C26H23N3O3S. The first kappa shape index (κ1) is 21.3. The highest BCUT2D eigenvalue weighted by atomic mass is 32.2. The number of nitrogens with zero attached hydrogens (tertiary/aromatic N) is 3. The van der Waals surface area contributed by atoms with E-state index in [0.717, 1.165) is 17.7 Å². The maximum atomic E-state index is 13.6. The van der Waals surface area contributed by atoms with Crippen molar-refractivity contribution in [2.45, 2.75) is 18.5 Å². The number of hydrogen-bond acceptors (Lipinski definition) is 5. The summed E-state index contributed by atoms with van der Waals surface area (Å²) in [6.45, 7) is 2.63. The number of aromatic nitrogens is 2. The summed E-state index contributed by atoms with van der Waals surface area (Å²) in [4.78, 5) is 33.3. The predicted molar refractivity (Wildman–Crippen MR) is 132 cm³/mol. The van der Waals surface area contributed by atoms with Crippen LogP contribution in [-0.4, -0.2) is 34.9 Å². The van der Waals surface area contributed by atoms with E-state index >= 15 is 0 Å². The average Bonchev–Trinajstić information content (AvgIpc) is 3.27. The molecule has 1 aliphatic heterocycles. The summed E-state index contributed by atoms with van der Waals surface area (Å²) >= 11 is 1.27. The Bertz CT molecular complexity index is 1430. The van der Waals surface area contributed by atoms with Crippen molar-refractivity contribution < 1.29 is 9.53 Å². The van der Waals surface area contributed by atoms with Gasteiger partial charge in [-0.15, -0.1) is 0 Å². The normalized spacial score (nSPS) is 12.7. The van der Waals surface area contributed by atoms with E-state index in [1.54, 1.807) is 17.7 Å². The number of carbonyl (C=O) groups excluding carboxylic acids is 1. The fourth-order valence-corrected chi connectivity index (χ4v) is 5.08. The number of ether oxygens (including phenoxy) is 1. The second-order valence-corrected chi connectivity index (χ2v) is 8.88. The zero-order chi connectivity index (χ0) is 22.9. The van der Waals surface area contributed by atoms with Gasteiger partial charge in [-0.05, 0) is 54.8 Å². The van der Waals surface area contributed by atoms with Crippen LogP contribution in [0.4, 0.5) is 5.69 Å². The SMILES string of the molecule is COc1ccc(C)cc1-n1c(SCC(=O)N2CCc3ccccc32)nc2ccccc2c1=O. The standard InChI is InChI=1S/C26H23N3O3S/c1-17-11-12-23(32-2)22(15-17)29-25(31)19-8-4-5-9-20(19)27-26(29)33-16-24(30)28-14-13-18-7-3-6-10-21(18)28/h3-12,15H,13-14,16H2,1-2H3. The number of carbonyl (C=O) groups is 1. The summed E-state index contributed by atoms with van der Waals surface area (Å²) < 4.78 is 7.11. The predicted octanol–water partition coefficient (Wildman–Crippen LogP) is 4.38. The van der Waals surface area contributed by atoms with E-state index in [1.807, 2.05) is 66.4 Å². The van der Waals surface area contributed by atoms with Gasteiger partial charge < -0.3 is 9.64 Å². The van der Waals surface area contributed by atoms with E-state index in [9.17, 15) is 9.59 Å². The van der Waals surface area contributed by atoms with Gasteiger partial charge in [0, 0.05) is 12.2 Å². The molecule has 0 atom stereocenters. The molecule has 0 aliphatic carbocycles. The van der Waals surface area contributed by atoms with Crippen LogP contribution < -0.4 is 15.2 Å². The number of rotatable bonds is 5. The quantitative estimate of drug-likeness (QED) is 0.329. The smallest absolute Gasteiger partial charge is 0.266 e. The van der Waals surface area contributed by atoms with Crippen molar-refractivity contribution in [2.24, 2.45) is 0 Å². The van der Waals surface area contributed by atoms with E-state index in [-0.39, 0.29) is 17.2 Å². The maximum absolute atomic E-state index is 13.6. The van der Waals surface area contributed by atoms with Crippen LogP contribution in [0.5, 0.6) is 5.75 Å². The third-order valence-corrected chi connectivity index (χ3v) is 6.76. The fraction of sp³-hybridized carbons (Fsp3) is 0.192. The van der Waals surface area contributed by atoms with Gasteiger partial charge in [0.2, 0.25) is 5.91 Å². The summed E-state index contributed by atoms with van der Waals surface area (Å²) in [5.74, 6) is 0.740. The highest BCUT2D eigenvalue weighted by Crippen LogP contribution is 2.31. The van der Waals surface area contributed by atoms with Crippen molar-refractivity contribution in [2.75, 3.05) is 24.3 Å². The Kier molecular flexibility index (Phi) is 5.64. The Hall–Kier alpha value is -3.58. The van der Waals surface area contributed by atoms with Crippen LogP contribution in [-0.2, 0) is 11.2 Å². The Morgan fingerprint density at radius 2 is 1.85 bits per heavy atom. The van der Waals surface area contributed by atoms with Crippen molar-refractivity contribution >= 4 is 34.3 Å². The first-order valence-electron chi connectivity index (χ1n) is 10.7. The van der Waals surface area contributed by atoms with Gasteiger partial charge in [0.25, 0.3) is 5.56 Å². The zero-order valence-electron chi connectivity index (χ0n) is 18.4. The summed E-state index contributed by atoms with van der Waals surface area (Å²) in [5.41, 5.74) is 4.17. The van der Waals surface area contributed by atoms with Crippen LogP contribution in [0.15, 0.2) is 76.7 Å². The molecule has 0 fully saturated rings. The van der Waals surface area contributed by atoms with Gasteiger partial charge in [0.15, 0.2) is 5.16 Å². The number of para-hydroxylation sites is 2. The highest BCUT2D eigenvalue weighted by molar-refractivity contribution is 7.99. The lowest BCUT2D eigenvalue weighted by molar-refractivity contribution is -0.116. The molecule has 0 bridgehead atoms. The first-order chi connectivity index (χ1) is 16.1. The van der Waals surface area contributed by atoms with Gasteiger partial charge in [-0.2, -0.15) is 0 Å². The minimum atomic E-state index is -0.189. The number of anilines is 1. The molecule has 2 heterocycles. The summed E-state index contributed by atoms with van der Waals surface area (Å²) in [6.07, 6.45) is 0.853. The third-order valence-electron chi connectivity index (χ3n) is 5.83. The Balaban J connectivity index is 1.56. The molecule has 7 heteroatoms. The molecule has 0 N–H and O–H groups in total. The van der Waals surface area contributed by atoms with Crippen molar-refractivity contribution in [3.05, 3.63) is 88.2 Å². The first-order valence-corrected chi connectivity index (χ1v) is 11.7. The van der Waals surface area contributed by atoms with E-state index < -0.39 is 0 Å². The molecule has 0 spiro atoms. The fourth-order valence-electron chi connectivity index (χ4n) is 4.20. The summed E-state index contributed by atoms with van der Waals surface area (Å²) in [6, 6.07) is 20.9. The van der Waals surface area contributed by atoms with Crippen LogP contribution in [0.2, 0.25) is 0 Å². The van der Waals surface area contributed by atoms with Gasteiger partial charge in [0.1, 0.15) is 5.75 Å². The van der Waals surface area contributed by atoms with Crippen LogP contribution in [0.25, 0.3) is 16.6 Å². The Morgan fingerprint density at radius 1 is 1.06 bits per heavy atom. The van der Waals surface area contributed by atoms with Gasteiger partial charge in [-0.25, -0.2) is 4.98 Å². The lowest BCUT2D eigenvalue weighted by Gasteiger charge is -2.19. The van der Waals surface area contributed by atoms with Crippen LogP contribution in [0.3, 0.4) is 0 Å². The van der Waals surface area contributed by atoms with Crippen molar-refractivity contribution in [3.8, 4) is 11.4 Å². The van der Waals surface area contributed by atoms with Gasteiger partial charge in [-0.3, -0.25) is 14.2 Å². The maximum Gasteiger partial charge on any atom is 0.266 e. The number of amides is 1. The molecule has 1 aromatic heterocycles. The van der Waals surface area contributed by atoms with Crippen LogP contribution in [0.1, 0.15) is 11.1 Å². The summed E-state index contributed by atoms with van der Waals surface area (Å²) in [7, 11) is 1.58. The van der Waals surface area contributed by atoms with Gasteiger partial charge in [0.05, 0.1) is 29.5 Å². The number of thioether (sulfide) groups is 1. The van der Waals surface area contributed by atoms with Gasteiger partial charge >= 0.3 is 0 Å². The summed E-state index contributed by atoms with van der Waals surface area (Å²) in [5, 5.41) is 0.980. The molecule has 0 radical (unpaired) electrons. The van der Waals surface area contributed by atoms with Crippen molar-refractivity contribution in [1.82, 2.24) is 9.55 Å². The molecular weight excluding hydrogens is 434 g/mol. The molecule has 1 aliphatic rings. The molecule has 1 amide bonds. The molecule has 4 aromatic rings. The minimum absolute atomic E-state index is 0.00452. The Morgan fingerprint density at radius 3 is 2.70 bits per heavy atom. The van der Waals surface area contributed by atoms with E-state index in [1.165, 1.54) is 17.3 Å². The molecule has 6 nitrogen and oxygen atoms in total. The second kappa shape index (κ2) is 8.75. The number of methoxy groups -OCH3 is 1. The van der Waals surface area contributed by atoms with E-state index in [2.05, 4.69) is 6.07 Å². The number of benzene rings is 3. The Labute approximate surface area is 195 Å². The largest absolute Gasteiger partial charge is 0.495 e. The van der Waals surface area contributed by atoms with Crippen molar-refractivity contribution in [1.29, 1.82) is 0 Å². The molecule has 0 saturated carbocycles. The minimum Gasteiger partial charge on any atom is -0.495 e. The average molecular weight is 458 g/mol. The monoisotopic (exact) mass is 457 g/mol. The van der Waals surface area contributed by atoms with E-state index in [0.29, 0.717) is 34.0 Å². The molecule has 5 rings (SSSR count). The highest BCUT2D eigenvalue weighted by Gasteiger charge is 2.25. The molecule has 166 valence electrons. The number of fused-ring (bicyclic) bond motifs is 2. The lowest BCUT2D eigenvalue weighted by atomic mass is 10.2. The molecule has 0 unspecified atom stereocenters. The number of hydrogen-bond donors (Lipinski definition) is 0. The third kappa shape index (κ3) is 3.89. The van der Waals surface area contributed by atoms with Crippen LogP contribution in [0, 0.1) is 6.92 Å². The number of aryl methyl sites for hydroxylation is 1.